The van der Waals surface area contributed by atoms with Crippen molar-refractivity contribution < 1.29 is 0 Å². The van der Waals surface area contributed by atoms with Crippen LogP contribution >= 0.6 is 11.3 Å². The molecule has 108 valence electrons. The second kappa shape index (κ2) is 5.66. The fourth-order valence-corrected chi connectivity index (χ4v) is 4.31. The van der Waals surface area contributed by atoms with Crippen molar-refractivity contribution in [2.75, 3.05) is 18.4 Å². The number of thiophene rings is 1. The number of anilines is 1. The first kappa shape index (κ1) is 13.8. The molecule has 0 saturated carbocycles. The van der Waals surface area contributed by atoms with Gasteiger partial charge >= 0.3 is 0 Å². The highest BCUT2D eigenvalue weighted by molar-refractivity contribution is 7.19. The lowest BCUT2D eigenvalue weighted by Crippen LogP contribution is -2.12. The van der Waals surface area contributed by atoms with E-state index in [1.165, 1.54) is 28.7 Å². The Morgan fingerprint density at radius 2 is 2.25 bits per heavy atom. The number of aromatic nitrogens is 2. The fourth-order valence-electron chi connectivity index (χ4n) is 2.89. The largest absolute Gasteiger partial charge is 0.369 e. The molecule has 0 aliphatic heterocycles. The lowest BCUT2D eigenvalue weighted by atomic mass is 9.89. The quantitative estimate of drug-likeness (QED) is 0.850. The predicted molar refractivity (Wildman–Crippen MR) is 85.5 cm³/mol. The van der Waals surface area contributed by atoms with Crippen molar-refractivity contribution in [3.8, 4) is 0 Å². The summed E-state index contributed by atoms with van der Waals surface area (Å²) in [6.45, 7) is 5.89. The molecule has 0 spiro atoms. The Morgan fingerprint density at radius 1 is 1.40 bits per heavy atom. The molecule has 2 aromatic rings. The molecule has 20 heavy (non-hydrogen) atoms. The van der Waals surface area contributed by atoms with Crippen LogP contribution in [0.2, 0.25) is 0 Å². The number of aryl methyl sites for hydroxylation is 2. The van der Waals surface area contributed by atoms with Gasteiger partial charge in [-0.2, -0.15) is 0 Å². The van der Waals surface area contributed by atoms with Crippen molar-refractivity contribution in [2.45, 2.75) is 39.5 Å². The molecule has 3 rings (SSSR count). The Kier molecular flexibility index (Phi) is 3.89. The van der Waals surface area contributed by atoms with E-state index in [0.717, 1.165) is 41.8 Å². The summed E-state index contributed by atoms with van der Waals surface area (Å²) >= 11 is 1.86. The smallest absolute Gasteiger partial charge is 0.138 e. The molecule has 2 heterocycles. The maximum Gasteiger partial charge on any atom is 0.138 e. The minimum absolute atomic E-state index is 0.708. The summed E-state index contributed by atoms with van der Waals surface area (Å²) in [6, 6.07) is 0. The Labute approximate surface area is 123 Å². The molecule has 0 fully saturated rings. The molecule has 1 aliphatic rings. The molecule has 4 nitrogen and oxygen atoms in total. The Balaban J connectivity index is 2.04. The molecule has 5 heteroatoms. The number of fused-ring (bicyclic) bond motifs is 3. The van der Waals surface area contributed by atoms with E-state index in [4.69, 9.17) is 5.73 Å². The van der Waals surface area contributed by atoms with Crippen LogP contribution in [0.1, 0.15) is 36.0 Å². The molecular formula is C15H22N4S. The maximum absolute atomic E-state index is 5.57. The number of nitrogens with zero attached hydrogens (tertiary/aromatic N) is 2. The minimum atomic E-state index is 0.708. The van der Waals surface area contributed by atoms with Gasteiger partial charge in [-0.25, -0.2) is 9.97 Å². The van der Waals surface area contributed by atoms with Gasteiger partial charge in [0, 0.05) is 11.4 Å². The molecular weight excluding hydrogens is 268 g/mol. The summed E-state index contributed by atoms with van der Waals surface area (Å²) in [5, 5.41) is 4.72. The van der Waals surface area contributed by atoms with E-state index >= 15 is 0 Å². The lowest BCUT2D eigenvalue weighted by molar-refractivity contribution is 0.509. The lowest BCUT2D eigenvalue weighted by Gasteiger charge is -2.18. The molecule has 2 aromatic heterocycles. The van der Waals surface area contributed by atoms with Gasteiger partial charge < -0.3 is 11.1 Å². The number of hydrogen-bond donors (Lipinski definition) is 2. The van der Waals surface area contributed by atoms with Crippen molar-refractivity contribution in [3.05, 3.63) is 16.3 Å². The van der Waals surface area contributed by atoms with Crippen molar-refractivity contribution in [1.82, 2.24) is 9.97 Å². The number of rotatable bonds is 4. The van der Waals surface area contributed by atoms with Gasteiger partial charge in [0.1, 0.15) is 16.5 Å². The molecule has 0 bridgehead atoms. The molecule has 0 aromatic carbocycles. The summed E-state index contributed by atoms with van der Waals surface area (Å²) in [5.74, 6) is 2.64. The van der Waals surface area contributed by atoms with Crippen LogP contribution in [0.5, 0.6) is 0 Å². The van der Waals surface area contributed by atoms with Gasteiger partial charge in [0.15, 0.2) is 0 Å². The maximum atomic E-state index is 5.57. The van der Waals surface area contributed by atoms with E-state index in [2.05, 4.69) is 22.2 Å². The van der Waals surface area contributed by atoms with Crippen molar-refractivity contribution in [3.63, 3.8) is 0 Å². The molecule has 3 N–H and O–H groups in total. The average molecular weight is 290 g/mol. The van der Waals surface area contributed by atoms with Gasteiger partial charge in [-0.1, -0.05) is 6.92 Å². The third-order valence-electron chi connectivity index (χ3n) is 3.94. The standard InChI is InChI=1S/C15H22N4S/c1-9-4-5-11-12(8-9)20-15-13(11)14(17-7-3-6-16)18-10(2)19-15/h9H,3-8,16H2,1-2H3,(H,17,18,19). The third-order valence-corrected chi connectivity index (χ3v) is 5.09. The zero-order valence-electron chi connectivity index (χ0n) is 12.2. The SMILES string of the molecule is Cc1nc(NCCCN)c2c3c(sc2n1)CC(C)CC3. The van der Waals surface area contributed by atoms with E-state index in [0.29, 0.717) is 6.54 Å². The van der Waals surface area contributed by atoms with Crippen LogP contribution in [-0.2, 0) is 12.8 Å². The van der Waals surface area contributed by atoms with Crippen LogP contribution in [0.25, 0.3) is 10.2 Å². The Hall–Kier alpha value is -1.20. The van der Waals surface area contributed by atoms with Gasteiger partial charge in [-0.05, 0) is 50.6 Å². The van der Waals surface area contributed by atoms with Crippen LogP contribution in [0.3, 0.4) is 0 Å². The van der Waals surface area contributed by atoms with Crippen LogP contribution in [-0.4, -0.2) is 23.1 Å². The normalized spacial score (nSPS) is 18.2. The van der Waals surface area contributed by atoms with E-state index in [-0.39, 0.29) is 0 Å². The number of nitrogens with two attached hydrogens (primary N) is 1. The second-order valence-corrected chi connectivity index (χ2v) is 6.80. The summed E-state index contributed by atoms with van der Waals surface area (Å²) in [5.41, 5.74) is 7.06. The molecule has 0 saturated heterocycles. The van der Waals surface area contributed by atoms with Crippen LogP contribution in [0.15, 0.2) is 0 Å². The van der Waals surface area contributed by atoms with Gasteiger partial charge in [-0.15, -0.1) is 11.3 Å². The summed E-state index contributed by atoms with van der Waals surface area (Å²) in [7, 11) is 0. The van der Waals surface area contributed by atoms with Crippen LogP contribution in [0, 0.1) is 12.8 Å². The van der Waals surface area contributed by atoms with Crippen molar-refractivity contribution in [2.24, 2.45) is 11.7 Å². The zero-order chi connectivity index (χ0) is 14.1. The van der Waals surface area contributed by atoms with E-state index < -0.39 is 0 Å². The predicted octanol–water partition coefficient (Wildman–Crippen LogP) is 2.89. The van der Waals surface area contributed by atoms with E-state index in [1.54, 1.807) is 0 Å². The summed E-state index contributed by atoms with van der Waals surface area (Å²) in [6.07, 6.45) is 4.59. The van der Waals surface area contributed by atoms with Gasteiger partial charge in [-0.3, -0.25) is 0 Å². The first-order valence-electron chi connectivity index (χ1n) is 7.42. The molecule has 1 aliphatic carbocycles. The van der Waals surface area contributed by atoms with Crippen molar-refractivity contribution in [1.29, 1.82) is 0 Å². The van der Waals surface area contributed by atoms with E-state index in [9.17, 15) is 0 Å². The van der Waals surface area contributed by atoms with Crippen LogP contribution in [0.4, 0.5) is 5.82 Å². The van der Waals surface area contributed by atoms with Gasteiger partial charge in [0.25, 0.3) is 0 Å². The van der Waals surface area contributed by atoms with Crippen LogP contribution < -0.4 is 11.1 Å². The average Bonchev–Trinajstić information content (AvgIpc) is 2.75. The Morgan fingerprint density at radius 3 is 3.05 bits per heavy atom. The first-order valence-corrected chi connectivity index (χ1v) is 8.23. The molecule has 0 amide bonds. The first-order chi connectivity index (χ1) is 9.69. The second-order valence-electron chi connectivity index (χ2n) is 5.72. The fraction of sp³-hybridized carbons (Fsp3) is 0.600. The molecule has 0 radical (unpaired) electrons. The summed E-state index contributed by atoms with van der Waals surface area (Å²) < 4.78 is 0. The number of nitrogens with one attached hydrogen (secondary N) is 1. The van der Waals surface area contributed by atoms with Gasteiger partial charge in [0.2, 0.25) is 0 Å². The highest BCUT2D eigenvalue weighted by Gasteiger charge is 2.23. The zero-order valence-corrected chi connectivity index (χ0v) is 13.0. The highest BCUT2D eigenvalue weighted by Crippen LogP contribution is 2.39. The Bertz CT molecular complexity index is 620. The minimum Gasteiger partial charge on any atom is -0.369 e. The monoisotopic (exact) mass is 290 g/mol. The third kappa shape index (κ3) is 2.52. The topological polar surface area (TPSA) is 63.8 Å². The molecule has 1 unspecified atom stereocenters. The highest BCUT2D eigenvalue weighted by atomic mass is 32.1. The summed E-state index contributed by atoms with van der Waals surface area (Å²) in [4.78, 5) is 11.9. The van der Waals surface area contributed by atoms with Gasteiger partial charge in [0.05, 0.1) is 5.39 Å². The number of hydrogen-bond acceptors (Lipinski definition) is 5. The van der Waals surface area contributed by atoms with Crippen molar-refractivity contribution >= 4 is 27.4 Å². The van der Waals surface area contributed by atoms with E-state index in [1.807, 2.05) is 18.3 Å². The molecule has 1 atom stereocenters.